The summed E-state index contributed by atoms with van der Waals surface area (Å²) in [6, 6.07) is 1.28. The highest BCUT2D eigenvalue weighted by Gasteiger charge is 2.18. The quantitative estimate of drug-likeness (QED) is 0.417. The molecule has 0 amide bonds. The largest absolute Gasteiger partial charge is 0.390 e. The summed E-state index contributed by atoms with van der Waals surface area (Å²) in [6.07, 6.45) is -0.904. The maximum absolute atomic E-state index is 11.0. The van der Waals surface area contributed by atoms with Gasteiger partial charge in [0, 0.05) is 23.2 Å². The first-order valence-electron chi connectivity index (χ1n) is 4.81. The van der Waals surface area contributed by atoms with Crippen molar-refractivity contribution in [3.05, 3.63) is 43.6 Å². The van der Waals surface area contributed by atoms with Gasteiger partial charge in [0.15, 0.2) is 0 Å². The van der Waals surface area contributed by atoms with Gasteiger partial charge < -0.3 is 15.2 Å². The number of halogens is 1. The number of hydrogen-bond acceptors (Lipinski definition) is 4. The molecule has 1 aromatic heterocycles. The minimum absolute atomic E-state index is 0.0659. The fraction of sp³-hybridized carbons (Fsp3) is 0.444. The standard InChI is InChI=1S/C9H11ClN4O3/c10-6-3-5(4-12-9(6)17)8(16)7(15)1-2-13-14-11/h3-4,7-8,15-16H,1-2H2,(H,12,17). The van der Waals surface area contributed by atoms with E-state index in [1.165, 1.54) is 12.3 Å². The van der Waals surface area contributed by atoms with Crippen LogP contribution in [-0.2, 0) is 0 Å². The van der Waals surface area contributed by atoms with Gasteiger partial charge in [0.1, 0.15) is 11.1 Å². The summed E-state index contributed by atoms with van der Waals surface area (Å²) in [4.78, 5) is 15.8. The number of nitrogens with one attached hydrogen (secondary N) is 1. The number of H-pyrrole nitrogens is 1. The molecule has 3 N–H and O–H groups in total. The van der Waals surface area contributed by atoms with Crippen molar-refractivity contribution < 1.29 is 10.2 Å². The van der Waals surface area contributed by atoms with Gasteiger partial charge in [0.05, 0.1) is 6.10 Å². The molecular formula is C9H11ClN4O3. The van der Waals surface area contributed by atoms with Crippen LogP contribution in [0, 0.1) is 0 Å². The van der Waals surface area contributed by atoms with Gasteiger partial charge in [-0.3, -0.25) is 4.79 Å². The van der Waals surface area contributed by atoms with Crippen LogP contribution in [-0.4, -0.2) is 27.8 Å². The molecule has 1 rings (SSSR count). The van der Waals surface area contributed by atoms with Crippen molar-refractivity contribution in [1.29, 1.82) is 0 Å². The normalized spacial score (nSPS) is 13.8. The molecule has 17 heavy (non-hydrogen) atoms. The maximum atomic E-state index is 11.0. The van der Waals surface area contributed by atoms with E-state index in [1.807, 2.05) is 0 Å². The highest BCUT2D eigenvalue weighted by molar-refractivity contribution is 6.30. The van der Waals surface area contributed by atoms with Crippen molar-refractivity contribution in [3.63, 3.8) is 0 Å². The smallest absolute Gasteiger partial charge is 0.266 e. The number of azide groups is 1. The summed E-state index contributed by atoms with van der Waals surface area (Å²) in [5, 5.41) is 22.5. The van der Waals surface area contributed by atoms with E-state index in [4.69, 9.17) is 17.1 Å². The molecule has 0 saturated carbocycles. The van der Waals surface area contributed by atoms with Crippen LogP contribution >= 0.6 is 11.6 Å². The topological polar surface area (TPSA) is 122 Å². The minimum atomic E-state index is -1.20. The molecule has 0 aliphatic heterocycles. The number of pyridine rings is 1. The van der Waals surface area contributed by atoms with Crippen LogP contribution in [0.15, 0.2) is 22.2 Å². The number of aromatic amines is 1. The number of hydrogen-bond donors (Lipinski definition) is 3. The van der Waals surface area contributed by atoms with Crippen LogP contribution < -0.4 is 5.56 Å². The van der Waals surface area contributed by atoms with Crippen LogP contribution in [0.2, 0.25) is 5.02 Å². The molecule has 0 spiro atoms. The molecule has 1 heterocycles. The zero-order valence-corrected chi connectivity index (χ0v) is 9.50. The average molecular weight is 259 g/mol. The summed E-state index contributed by atoms with van der Waals surface area (Å²) >= 11 is 5.59. The number of rotatable bonds is 5. The number of nitrogens with zero attached hydrogens (tertiary/aromatic N) is 3. The van der Waals surface area contributed by atoms with Crippen LogP contribution in [0.25, 0.3) is 10.4 Å². The number of aliphatic hydroxyl groups is 2. The van der Waals surface area contributed by atoms with Crippen LogP contribution in [0.1, 0.15) is 18.1 Å². The monoisotopic (exact) mass is 258 g/mol. The van der Waals surface area contributed by atoms with E-state index in [9.17, 15) is 15.0 Å². The Kier molecular flexibility index (Phi) is 4.99. The molecule has 0 aliphatic rings. The second-order valence-corrected chi connectivity index (χ2v) is 3.77. The molecule has 2 atom stereocenters. The van der Waals surface area contributed by atoms with Gasteiger partial charge in [-0.25, -0.2) is 0 Å². The van der Waals surface area contributed by atoms with E-state index < -0.39 is 17.8 Å². The Labute approximate surface area is 101 Å². The fourth-order valence-corrected chi connectivity index (χ4v) is 1.44. The summed E-state index contributed by atoms with van der Waals surface area (Å²) in [5.74, 6) is 0. The third-order valence-corrected chi connectivity index (χ3v) is 2.46. The Hall–Kier alpha value is -1.53. The first kappa shape index (κ1) is 13.5. The molecule has 0 radical (unpaired) electrons. The SMILES string of the molecule is [N-]=[N+]=NCCC(O)C(O)c1c[nH]c(=O)c(Cl)c1. The van der Waals surface area contributed by atoms with E-state index in [0.29, 0.717) is 5.56 Å². The van der Waals surface area contributed by atoms with Crippen molar-refractivity contribution in [1.82, 2.24) is 4.98 Å². The first-order chi connectivity index (χ1) is 8.06. The van der Waals surface area contributed by atoms with Gasteiger partial charge in [0.25, 0.3) is 5.56 Å². The van der Waals surface area contributed by atoms with Gasteiger partial charge in [0.2, 0.25) is 0 Å². The Morgan fingerprint density at radius 1 is 1.59 bits per heavy atom. The third kappa shape index (κ3) is 3.76. The summed E-state index contributed by atoms with van der Waals surface area (Å²) in [7, 11) is 0. The molecule has 0 bridgehead atoms. The third-order valence-electron chi connectivity index (χ3n) is 2.17. The zero-order valence-electron chi connectivity index (χ0n) is 8.75. The molecule has 92 valence electrons. The molecular weight excluding hydrogens is 248 g/mol. The van der Waals surface area contributed by atoms with Gasteiger partial charge in [-0.1, -0.05) is 16.7 Å². The van der Waals surface area contributed by atoms with Gasteiger partial charge in [-0.05, 0) is 18.0 Å². The average Bonchev–Trinajstić information content (AvgIpc) is 2.32. The van der Waals surface area contributed by atoms with Crippen molar-refractivity contribution in [2.45, 2.75) is 18.6 Å². The fourth-order valence-electron chi connectivity index (χ4n) is 1.26. The van der Waals surface area contributed by atoms with E-state index >= 15 is 0 Å². The van der Waals surface area contributed by atoms with E-state index in [1.54, 1.807) is 0 Å². The van der Waals surface area contributed by atoms with Crippen molar-refractivity contribution >= 4 is 11.6 Å². The summed E-state index contributed by atoms with van der Waals surface area (Å²) in [5.41, 5.74) is 7.89. The van der Waals surface area contributed by atoms with E-state index in [-0.39, 0.29) is 18.0 Å². The molecule has 0 aromatic carbocycles. The second kappa shape index (κ2) is 6.27. The number of aliphatic hydroxyl groups excluding tert-OH is 2. The molecule has 7 nitrogen and oxygen atoms in total. The molecule has 8 heteroatoms. The lowest BCUT2D eigenvalue weighted by molar-refractivity contribution is 0.0148. The van der Waals surface area contributed by atoms with E-state index in [0.717, 1.165) is 0 Å². The maximum Gasteiger partial charge on any atom is 0.266 e. The van der Waals surface area contributed by atoms with Crippen molar-refractivity contribution in [2.75, 3.05) is 6.54 Å². The zero-order chi connectivity index (χ0) is 12.8. The Bertz CT molecular complexity index is 483. The van der Waals surface area contributed by atoms with Gasteiger partial charge in [-0.15, -0.1) is 0 Å². The first-order valence-corrected chi connectivity index (χ1v) is 5.19. The Balaban J connectivity index is 2.73. The lowest BCUT2D eigenvalue weighted by Crippen LogP contribution is -2.20. The molecule has 1 aromatic rings. The predicted octanol–water partition coefficient (Wildman–Crippen LogP) is 1.12. The Morgan fingerprint density at radius 2 is 2.29 bits per heavy atom. The van der Waals surface area contributed by atoms with E-state index in [2.05, 4.69) is 15.0 Å². The molecule has 0 saturated heterocycles. The van der Waals surface area contributed by atoms with Crippen molar-refractivity contribution in [2.24, 2.45) is 5.11 Å². The second-order valence-electron chi connectivity index (χ2n) is 3.37. The summed E-state index contributed by atoms with van der Waals surface area (Å²) < 4.78 is 0. The minimum Gasteiger partial charge on any atom is -0.390 e. The van der Waals surface area contributed by atoms with Gasteiger partial charge in [-0.2, -0.15) is 0 Å². The van der Waals surface area contributed by atoms with Gasteiger partial charge >= 0.3 is 0 Å². The molecule has 0 fully saturated rings. The highest BCUT2D eigenvalue weighted by atomic mass is 35.5. The lowest BCUT2D eigenvalue weighted by Gasteiger charge is -2.17. The molecule has 2 unspecified atom stereocenters. The van der Waals surface area contributed by atoms with Crippen LogP contribution in [0.5, 0.6) is 0 Å². The number of aromatic nitrogens is 1. The summed E-state index contributed by atoms with van der Waals surface area (Å²) in [6.45, 7) is 0.0752. The van der Waals surface area contributed by atoms with Crippen LogP contribution in [0.4, 0.5) is 0 Å². The molecule has 0 aliphatic carbocycles. The Morgan fingerprint density at radius 3 is 2.88 bits per heavy atom. The van der Waals surface area contributed by atoms with Crippen LogP contribution in [0.3, 0.4) is 0 Å². The predicted molar refractivity (Wildman–Crippen MR) is 61.7 cm³/mol. The van der Waals surface area contributed by atoms with Crippen molar-refractivity contribution in [3.8, 4) is 0 Å². The lowest BCUT2D eigenvalue weighted by atomic mass is 10.0. The highest BCUT2D eigenvalue weighted by Crippen LogP contribution is 2.19.